The predicted molar refractivity (Wildman–Crippen MR) is 84.9 cm³/mol. The summed E-state index contributed by atoms with van der Waals surface area (Å²) in [7, 11) is 0. The second-order valence-electron chi connectivity index (χ2n) is 4.60. The Balaban J connectivity index is 1.96. The van der Waals surface area contributed by atoms with Crippen molar-refractivity contribution in [2.45, 2.75) is 6.54 Å². The van der Waals surface area contributed by atoms with Crippen LogP contribution in [0.25, 0.3) is 11.1 Å². The summed E-state index contributed by atoms with van der Waals surface area (Å²) >= 11 is 12.1. The third-order valence-corrected chi connectivity index (χ3v) is 3.69. The van der Waals surface area contributed by atoms with E-state index in [0.717, 1.165) is 11.1 Å². The van der Waals surface area contributed by atoms with E-state index in [1.807, 2.05) is 0 Å². The van der Waals surface area contributed by atoms with Crippen LogP contribution >= 0.6 is 23.2 Å². The molecule has 0 aliphatic rings. The summed E-state index contributed by atoms with van der Waals surface area (Å²) in [6.45, 7) is 0.442. The Kier molecular flexibility index (Phi) is 4.27. The average molecular weight is 337 g/mol. The first-order chi connectivity index (χ1) is 10.6. The fraction of sp³-hybridized carbons (Fsp3) is 0.0667. The van der Waals surface area contributed by atoms with E-state index in [-0.39, 0.29) is 5.82 Å². The Hall–Kier alpha value is -2.11. The standard InChI is InChI=1S/C15H11Cl2FN4/c16-11-2-4-13(15(17)5-11)14-6-12(18)3-1-10(14)7-20-22-9-19-8-21-22/h1-6,8-9,20H,7H2. The maximum atomic E-state index is 13.6. The van der Waals surface area contributed by atoms with Gasteiger partial charge < -0.3 is 5.43 Å². The summed E-state index contributed by atoms with van der Waals surface area (Å²) < 4.78 is 13.6. The van der Waals surface area contributed by atoms with Crippen LogP contribution in [0.3, 0.4) is 0 Å². The zero-order valence-corrected chi connectivity index (χ0v) is 12.8. The van der Waals surface area contributed by atoms with Gasteiger partial charge in [0.2, 0.25) is 0 Å². The molecule has 0 amide bonds. The van der Waals surface area contributed by atoms with Gasteiger partial charge >= 0.3 is 0 Å². The maximum Gasteiger partial charge on any atom is 0.139 e. The van der Waals surface area contributed by atoms with Crippen LogP contribution in [0.15, 0.2) is 49.1 Å². The molecule has 3 aromatic rings. The van der Waals surface area contributed by atoms with E-state index < -0.39 is 0 Å². The molecule has 1 aromatic heterocycles. The highest BCUT2D eigenvalue weighted by atomic mass is 35.5. The molecule has 7 heteroatoms. The lowest BCUT2D eigenvalue weighted by Gasteiger charge is -2.13. The second kappa shape index (κ2) is 6.34. The zero-order valence-electron chi connectivity index (χ0n) is 11.3. The Morgan fingerprint density at radius 2 is 1.95 bits per heavy atom. The largest absolute Gasteiger partial charge is 0.304 e. The van der Waals surface area contributed by atoms with Crippen LogP contribution in [0.5, 0.6) is 0 Å². The van der Waals surface area contributed by atoms with Crippen LogP contribution in [0.1, 0.15) is 5.56 Å². The molecule has 4 nitrogen and oxygen atoms in total. The van der Waals surface area contributed by atoms with Crippen molar-refractivity contribution in [1.29, 1.82) is 0 Å². The number of rotatable bonds is 4. The van der Waals surface area contributed by atoms with Gasteiger partial charge in [-0.1, -0.05) is 35.3 Å². The van der Waals surface area contributed by atoms with Gasteiger partial charge in [0, 0.05) is 15.6 Å². The van der Waals surface area contributed by atoms with Crippen molar-refractivity contribution in [3.05, 3.63) is 70.5 Å². The molecule has 3 rings (SSSR count). The molecule has 22 heavy (non-hydrogen) atoms. The molecule has 2 aromatic carbocycles. The van der Waals surface area contributed by atoms with E-state index >= 15 is 0 Å². The molecular weight excluding hydrogens is 326 g/mol. The summed E-state index contributed by atoms with van der Waals surface area (Å²) in [5.74, 6) is -0.328. The second-order valence-corrected chi connectivity index (χ2v) is 5.44. The van der Waals surface area contributed by atoms with Gasteiger partial charge in [0.15, 0.2) is 0 Å². The lowest BCUT2D eigenvalue weighted by molar-refractivity contribution is 0.627. The van der Waals surface area contributed by atoms with Crippen molar-refractivity contribution in [3.63, 3.8) is 0 Å². The van der Waals surface area contributed by atoms with E-state index in [0.29, 0.717) is 22.2 Å². The lowest BCUT2D eigenvalue weighted by atomic mass is 9.99. The minimum absolute atomic E-state index is 0.328. The Labute approximate surface area is 136 Å². The van der Waals surface area contributed by atoms with Crippen molar-refractivity contribution >= 4 is 23.2 Å². The van der Waals surface area contributed by atoms with Gasteiger partial charge in [-0.25, -0.2) is 9.37 Å². The number of nitrogens with zero attached hydrogens (tertiary/aromatic N) is 3. The van der Waals surface area contributed by atoms with Gasteiger partial charge in [-0.3, -0.25) is 0 Å². The summed E-state index contributed by atoms with van der Waals surface area (Å²) in [6, 6.07) is 9.71. The van der Waals surface area contributed by atoms with Gasteiger partial charge in [-0.2, -0.15) is 4.79 Å². The summed E-state index contributed by atoms with van der Waals surface area (Å²) in [5.41, 5.74) is 5.36. The lowest BCUT2D eigenvalue weighted by Crippen LogP contribution is -2.15. The minimum Gasteiger partial charge on any atom is -0.304 e. The number of hydrogen-bond acceptors (Lipinski definition) is 3. The first kappa shape index (κ1) is 14.8. The molecule has 0 spiro atoms. The SMILES string of the molecule is Fc1ccc(CNn2cncn2)c(-c2ccc(Cl)cc2Cl)c1. The molecule has 0 aliphatic heterocycles. The predicted octanol–water partition coefficient (Wildman–Crippen LogP) is 4.13. The summed E-state index contributed by atoms with van der Waals surface area (Å²) in [5, 5.41) is 4.96. The van der Waals surface area contributed by atoms with E-state index in [1.165, 1.54) is 23.3 Å². The highest BCUT2D eigenvalue weighted by Gasteiger charge is 2.11. The van der Waals surface area contributed by atoms with E-state index in [1.54, 1.807) is 30.6 Å². The Morgan fingerprint density at radius 3 is 2.68 bits per heavy atom. The van der Waals surface area contributed by atoms with Crippen molar-refractivity contribution in [2.24, 2.45) is 0 Å². The topological polar surface area (TPSA) is 42.7 Å². The average Bonchev–Trinajstić information content (AvgIpc) is 2.99. The highest BCUT2D eigenvalue weighted by Crippen LogP contribution is 2.33. The van der Waals surface area contributed by atoms with Crippen LogP contribution in [0.4, 0.5) is 4.39 Å². The molecule has 0 radical (unpaired) electrons. The fourth-order valence-corrected chi connectivity index (χ4v) is 2.63. The number of halogens is 3. The Bertz CT molecular complexity index is 790. The first-order valence-electron chi connectivity index (χ1n) is 6.46. The maximum absolute atomic E-state index is 13.6. The molecule has 0 atom stereocenters. The number of aromatic nitrogens is 3. The molecule has 0 saturated heterocycles. The molecule has 0 bridgehead atoms. The van der Waals surface area contributed by atoms with E-state index in [9.17, 15) is 4.39 Å². The van der Waals surface area contributed by atoms with Crippen LogP contribution in [-0.2, 0) is 6.54 Å². The normalized spacial score (nSPS) is 10.7. The van der Waals surface area contributed by atoms with Gasteiger partial charge in [-0.15, -0.1) is 5.10 Å². The number of nitrogens with one attached hydrogen (secondary N) is 1. The monoisotopic (exact) mass is 336 g/mol. The molecule has 1 N–H and O–H groups in total. The van der Waals surface area contributed by atoms with Crippen LogP contribution in [-0.4, -0.2) is 14.9 Å². The van der Waals surface area contributed by atoms with Crippen molar-refractivity contribution in [2.75, 3.05) is 5.43 Å². The molecule has 0 unspecified atom stereocenters. The van der Waals surface area contributed by atoms with Crippen LogP contribution < -0.4 is 5.43 Å². The Morgan fingerprint density at radius 1 is 1.09 bits per heavy atom. The quantitative estimate of drug-likeness (QED) is 0.778. The third kappa shape index (κ3) is 3.21. The summed E-state index contributed by atoms with van der Waals surface area (Å²) in [4.78, 5) is 5.33. The number of benzene rings is 2. The first-order valence-corrected chi connectivity index (χ1v) is 7.21. The molecule has 0 fully saturated rings. The highest BCUT2D eigenvalue weighted by molar-refractivity contribution is 6.36. The van der Waals surface area contributed by atoms with Crippen molar-refractivity contribution in [1.82, 2.24) is 14.9 Å². The zero-order chi connectivity index (χ0) is 15.5. The fourth-order valence-electron chi connectivity index (χ4n) is 2.12. The summed E-state index contributed by atoms with van der Waals surface area (Å²) in [6.07, 6.45) is 2.97. The van der Waals surface area contributed by atoms with Crippen LogP contribution in [0.2, 0.25) is 10.0 Å². The van der Waals surface area contributed by atoms with Crippen molar-refractivity contribution in [3.8, 4) is 11.1 Å². The van der Waals surface area contributed by atoms with Gasteiger partial charge in [0.25, 0.3) is 0 Å². The van der Waals surface area contributed by atoms with Gasteiger partial charge in [0.05, 0.1) is 6.54 Å². The molecular formula is C15H11Cl2FN4. The molecule has 0 aliphatic carbocycles. The molecule has 0 saturated carbocycles. The van der Waals surface area contributed by atoms with Gasteiger partial charge in [0.1, 0.15) is 18.5 Å². The van der Waals surface area contributed by atoms with Crippen LogP contribution in [0, 0.1) is 5.82 Å². The minimum atomic E-state index is -0.328. The van der Waals surface area contributed by atoms with Crippen molar-refractivity contribution < 1.29 is 4.39 Å². The van der Waals surface area contributed by atoms with E-state index in [4.69, 9.17) is 23.2 Å². The third-order valence-electron chi connectivity index (χ3n) is 3.14. The van der Waals surface area contributed by atoms with Gasteiger partial charge in [-0.05, 0) is 35.4 Å². The number of hydrogen-bond donors (Lipinski definition) is 1. The smallest absolute Gasteiger partial charge is 0.139 e. The van der Waals surface area contributed by atoms with E-state index in [2.05, 4.69) is 15.5 Å². The molecule has 1 heterocycles. The molecule has 112 valence electrons.